The molecule has 1 saturated heterocycles. The summed E-state index contributed by atoms with van der Waals surface area (Å²) in [7, 11) is 0. The minimum atomic E-state index is -1.17. The zero-order valence-electron chi connectivity index (χ0n) is 17.3. The number of aromatic carboxylic acids is 1. The molecule has 3 heterocycles. The predicted octanol–water partition coefficient (Wildman–Crippen LogP) is 4.33. The Morgan fingerprint density at radius 1 is 1.35 bits per heavy atom. The van der Waals surface area contributed by atoms with Crippen molar-refractivity contribution in [2.45, 2.75) is 39.3 Å². The Morgan fingerprint density at radius 2 is 2.13 bits per heavy atom. The smallest absolute Gasteiger partial charge is 0.356 e. The van der Waals surface area contributed by atoms with Crippen molar-refractivity contribution in [3.63, 3.8) is 0 Å². The van der Waals surface area contributed by atoms with Crippen molar-refractivity contribution in [1.29, 1.82) is 5.26 Å². The molecular weight excluding hydrogens is 416 g/mol. The molecule has 2 aromatic heterocycles. The maximum absolute atomic E-state index is 11.6. The number of nitrogens with one attached hydrogen (secondary N) is 1. The van der Waals surface area contributed by atoms with Crippen LogP contribution in [0.3, 0.4) is 0 Å². The van der Waals surface area contributed by atoms with Gasteiger partial charge in [-0.05, 0) is 51.0 Å². The molecule has 0 amide bonds. The third kappa shape index (κ3) is 3.84. The molecule has 8 nitrogen and oxygen atoms in total. The Kier molecular flexibility index (Phi) is 5.38. The monoisotopic (exact) mass is 436 g/mol. The Labute approximate surface area is 184 Å². The average molecular weight is 437 g/mol. The maximum Gasteiger partial charge on any atom is 0.356 e. The fraction of sp³-hybridized carbons (Fsp3) is 0.318. The number of aromatic nitrogens is 3. The van der Waals surface area contributed by atoms with E-state index in [1.807, 2.05) is 26.0 Å². The number of hydrogen-bond donors (Lipinski definition) is 2. The van der Waals surface area contributed by atoms with Gasteiger partial charge in [-0.25, -0.2) is 19.7 Å². The minimum absolute atomic E-state index is 0.111. The normalized spacial score (nSPS) is 16.5. The highest BCUT2D eigenvalue weighted by Crippen LogP contribution is 2.33. The van der Waals surface area contributed by atoms with E-state index in [0.717, 1.165) is 24.1 Å². The Balaban J connectivity index is 1.81. The standard InChI is InChI=1S/C22H21ClN6O2/c1-11-8-14(13(3)25-15-4-5-18(23)27-20(15)22(30)31)19-16(9-11)26-17(10-24)21(28-19)29-7-6-12(29)2/h4-5,8-9,12-13,25H,6-7H2,1-3H3,(H,30,31)/t12?,13-/m1/s1. The molecular formula is C22H21ClN6O2. The van der Waals surface area contributed by atoms with Gasteiger partial charge >= 0.3 is 5.97 Å². The van der Waals surface area contributed by atoms with E-state index >= 15 is 0 Å². The molecule has 158 valence electrons. The third-order valence-corrected chi connectivity index (χ3v) is 5.74. The lowest BCUT2D eigenvalue weighted by Crippen LogP contribution is -2.46. The largest absolute Gasteiger partial charge is 0.476 e. The number of carboxylic acid groups (broad SMARTS) is 1. The van der Waals surface area contributed by atoms with Gasteiger partial charge < -0.3 is 15.3 Å². The molecule has 1 aliphatic rings. The third-order valence-electron chi connectivity index (χ3n) is 5.53. The van der Waals surface area contributed by atoms with Crippen LogP contribution in [0.15, 0.2) is 24.3 Å². The van der Waals surface area contributed by atoms with Crippen molar-refractivity contribution in [1.82, 2.24) is 15.0 Å². The van der Waals surface area contributed by atoms with E-state index in [4.69, 9.17) is 16.6 Å². The second kappa shape index (κ2) is 8.00. The Bertz CT molecular complexity index is 1240. The molecule has 0 aliphatic carbocycles. The first-order valence-electron chi connectivity index (χ1n) is 9.94. The van der Waals surface area contributed by atoms with Crippen molar-refractivity contribution in [2.24, 2.45) is 0 Å². The summed E-state index contributed by atoms with van der Waals surface area (Å²) in [5.41, 5.74) is 3.65. The second-order valence-corrected chi connectivity index (χ2v) is 8.15. The highest BCUT2D eigenvalue weighted by molar-refractivity contribution is 6.29. The second-order valence-electron chi connectivity index (χ2n) is 7.76. The zero-order chi connectivity index (χ0) is 22.3. The fourth-order valence-corrected chi connectivity index (χ4v) is 3.93. The van der Waals surface area contributed by atoms with Gasteiger partial charge in [0.05, 0.1) is 22.8 Å². The number of aryl methyl sites for hydroxylation is 1. The molecule has 4 rings (SSSR count). The van der Waals surface area contributed by atoms with Gasteiger partial charge in [-0.2, -0.15) is 5.26 Å². The number of fused-ring (bicyclic) bond motifs is 1. The number of pyridine rings is 1. The summed E-state index contributed by atoms with van der Waals surface area (Å²) >= 11 is 5.87. The van der Waals surface area contributed by atoms with Crippen molar-refractivity contribution in [3.05, 3.63) is 51.9 Å². The van der Waals surface area contributed by atoms with E-state index in [2.05, 4.69) is 33.2 Å². The van der Waals surface area contributed by atoms with Gasteiger partial charge in [0.15, 0.2) is 17.2 Å². The molecule has 31 heavy (non-hydrogen) atoms. The van der Waals surface area contributed by atoms with Gasteiger partial charge in [0.25, 0.3) is 0 Å². The van der Waals surface area contributed by atoms with Gasteiger partial charge in [0.2, 0.25) is 0 Å². The minimum Gasteiger partial charge on any atom is -0.476 e. The first-order chi connectivity index (χ1) is 14.8. The van der Waals surface area contributed by atoms with Crippen molar-refractivity contribution in [3.8, 4) is 6.07 Å². The Hall–Kier alpha value is -3.44. The maximum atomic E-state index is 11.6. The molecule has 2 N–H and O–H groups in total. The summed E-state index contributed by atoms with van der Waals surface area (Å²) in [6.45, 7) is 6.79. The highest BCUT2D eigenvalue weighted by Gasteiger charge is 2.29. The van der Waals surface area contributed by atoms with Gasteiger partial charge in [-0.3, -0.25) is 0 Å². The fourth-order valence-electron chi connectivity index (χ4n) is 3.79. The lowest BCUT2D eigenvalue weighted by atomic mass is 10.0. The molecule has 0 radical (unpaired) electrons. The van der Waals surface area contributed by atoms with Gasteiger partial charge in [0, 0.05) is 18.2 Å². The molecule has 2 atom stereocenters. The number of nitriles is 1. The van der Waals surface area contributed by atoms with Crippen LogP contribution < -0.4 is 10.2 Å². The number of anilines is 2. The van der Waals surface area contributed by atoms with Crippen molar-refractivity contribution in [2.75, 3.05) is 16.8 Å². The molecule has 1 aliphatic heterocycles. The summed E-state index contributed by atoms with van der Waals surface area (Å²) in [6, 6.07) is 9.21. The van der Waals surface area contributed by atoms with Crippen LogP contribution in [-0.4, -0.2) is 38.6 Å². The first-order valence-corrected chi connectivity index (χ1v) is 10.3. The number of hydrogen-bond acceptors (Lipinski definition) is 7. The van der Waals surface area contributed by atoms with Gasteiger partial charge in [0.1, 0.15) is 11.2 Å². The van der Waals surface area contributed by atoms with Crippen LogP contribution in [0.4, 0.5) is 11.5 Å². The number of rotatable bonds is 5. The van der Waals surface area contributed by atoms with Crippen LogP contribution in [0.25, 0.3) is 11.0 Å². The lowest BCUT2D eigenvalue weighted by Gasteiger charge is -2.40. The zero-order valence-corrected chi connectivity index (χ0v) is 18.1. The molecule has 0 spiro atoms. The summed E-state index contributed by atoms with van der Waals surface area (Å²) < 4.78 is 0. The Morgan fingerprint density at radius 3 is 2.74 bits per heavy atom. The van der Waals surface area contributed by atoms with Crippen LogP contribution >= 0.6 is 11.6 Å². The van der Waals surface area contributed by atoms with E-state index in [-0.39, 0.29) is 16.9 Å². The molecule has 1 fully saturated rings. The number of benzene rings is 1. The van der Waals surface area contributed by atoms with Crippen molar-refractivity contribution < 1.29 is 9.90 Å². The molecule has 1 aromatic carbocycles. The van der Waals surface area contributed by atoms with Crippen LogP contribution in [0.1, 0.15) is 53.6 Å². The number of nitrogens with zero attached hydrogens (tertiary/aromatic N) is 5. The van der Waals surface area contributed by atoms with E-state index in [9.17, 15) is 15.2 Å². The molecule has 1 unspecified atom stereocenters. The van der Waals surface area contributed by atoms with Crippen LogP contribution in [0, 0.1) is 18.3 Å². The first kappa shape index (κ1) is 20.8. The SMILES string of the molecule is Cc1cc([C@@H](C)Nc2ccc(Cl)nc2C(=O)O)c2nc(N3CCC3C)c(C#N)nc2c1. The van der Waals surface area contributed by atoms with Crippen LogP contribution in [0.5, 0.6) is 0 Å². The number of carboxylic acids is 1. The summed E-state index contributed by atoms with van der Waals surface area (Å²) in [5.74, 6) is -0.579. The molecule has 9 heteroatoms. The van der Waals surface area contributed by atoms with Crippen LogP contribution in [-0.2, 0) is 0 Å². The summed E-state index contributed by atoms with van der Waals surface area (Å²) in [5, 5.41) is 22.4. The van der Waals surface area contributed by atoms with Crippen LogP contribution in [0.2, 0.25) is 5.15 Å². The number of halogens is 1. The number of carbonyl (C=O) groups is 1. The quantitative estimate of drug-likeness (QED) is 0.568. The topological polar surface area (TPSA) is 115 Å². The predicted molar refractivity (Wildman–Crippen MR) is 119 cm³/mol. The van der Waals surface area contributed by atoms with E-state index in [0.29, 0.717) is 34.3 Å². The molecule has 0 bridgehead atoms. The van der Waals surface area contributed by atoms with E-state index in [1.165, 1.54) is 0 Å². The molecule has 0 saturated carbocycles. The van der Waals surface area contributed by atoms with E-state index in [1.54, 1.807) is 12.1 Å². The lowest BCUT2D eigenvalue weighted by molar-refractivity contribution is 0.0691. The summed E-state index contributed by atoms with van der Waals surface area (Å²) in [4.78, 5) is 27.0. The highest BCUT2D eigenvalue weighted by atomic mass is 35.5. The van der Waals surface area contributed by atoms with Crippen molar-refractivity contribution >= 4 is 40.1 Å². The van der Waals surface area contributed by atoms with Gasteiger partial charge in [-0.1, -0.05) is 17.7 Å². The average Bonchev–Trinajstić information content (AvgIpc) is 2.72. The molecule has 3 aromatic rings. The van der Waals surface area contributed by atoms with E-state index < -0.39 is 5.97 Å². The van der Waals surface area contributed by atoms with Gasteiger partial charge in [-0.15, -0.1) is 0 Å². The summed E-state index contributed by atoms with van der Waals surface area (Å²) in [6.07, 6.45) is 1.05.